The number of hydrogen-bond acceptors (Lipinski definition) is 5. The van der Waals surface area contributed by atoms with Crippen LogP contribution in [0.2, 0.25) is 0 Å². The van der Waals surface area contributed by atoms with Crippen molar-refractivity contribution in [3.63, 3.8) is 0 Å². The van der Waals surface area contributed by atoms with Gasteiger partial charge in [-0.25, -0.2) is 8.51 Å². The fourth-order valence-corrected chi connectivity index (χ4v) is 5.86. The average Bonchev–Trinajstić information content (AvgIpc) is 3.06. The van der Waals surface area contributed by atoms with E-state index in [2.05, 4.69) is 35.5 Å². The zero-order chi connectivity index (χ0) is 27.1. The number of hydrogen-bond donors (Lipinski definition) is 1. The van der Waals surface area contributed by atoms with Gasteiger partial charge < -0.3 is 19.9 Å². The van der Waals surface area contributed by atoms with Crippen LogP contribution in [0.5, 0.6) is 5.75 Å². The van der Waals surface area contributed by atoms with Gasteiger partial charge in [-0.3, -0.25) is 9.59 Å². The molecule has 202 valence electrons. The van der Waals surface area contributed by atoms with Crippen LogP contribution in [0.15, 0.2) is 35.2 Å². The Morgan fingerprint density at radius 3 is 2.35 bits per heavy atom. The van der Waals surface area contributed by atoms with Crippen LogP contribution in [0.25, 0.3) is 0 Å². The number of nitrogens with one attached hydrogen (secondary N) is 1. The molecule has 1 atom stereocenters. The van der Waals surface area contributed by atoms with Gasteiger partial charge in [-0.15, -0.1) is 0 Å². The summed E-state index contributed by atoms with van der Waals surface area (Å²) in [5.74, 6) is 0.211. The first-order chi connectivity index (χ1) is 17.6. The van der Waals surface area contributed by atoms with Gasteiger partial charge in [-0.05, 0) is 80.6 Å². The van der Waals surface area contributed by atoms with Crippen LogP contribution in [-0.4, -0.2) is 84.1 Å². The van der Waals surface area contributed by atoms with E-state index >= 15 is 0 Å². The Labute approximate surface area is 223 Å². The largest absolute Gasteiger partial charge is 0.497 e. The predicted molar refractivity (Wildman–Crippen MR) is 147 cm³/mol. The third-order valence-electron chi connectivity index (χ3n) is 6.83. The molecule has 37 heavy (non-hydrogen) atoms. The Morgan fingerprint density at radius 2 is 1.73 bits per heavy atom. The van der Waals surface area contributed by atoms with Crippen molar-refractivity contribution in [2.45, 2.75) is 45.1 Å². The monoisotopic (exact) mass is 528 g/mol. The number of likely N-dealkylation sites (N-methyl/N-ethyl adjacent to an activating group) is 3. The molecule has 1 aliphatic heterocycles. The van der Waals surface area contributed by atoms with Crippen molar-refractivity contribution in [2.75, 3.05) is 53.9 Å². The normalized spacial score (nSPS) is 14.6. The van der Waals surface area contributed by atoms with Crippen LogP contribution in [0.4, 0.5) is 0 Å². The van der Waals surface area contributed by atoms with Gasteiger partial charge in [0.25, 0.3) is 0 Å². The number of amides is 2. The van der Waals surface area contributed by atoms with Crippen molar-refractivity contribution in [1.82, 2.24) is 19.4 Å². The number of carbonyl (C=O) groups excluding carboxylic acids is 2. The highest BCUT2D eigenvalue weighted by Crippen LogP contribution is 2.25. The second-order valence-corrected chi connectivity index (χ2v) is 11.2. The van der Waals surface area contributed by atoms with Gasteiger partial charge in [-0.1, -0.05) is 18.2 Å². The highest BCUT2D eigenvalue weighted by molar-refractivity contribution is 7.82. The molecule has 1 unspecified atom stereocenters. The number of ether oxygens (including phenoxy) is 1. The Kier molecular flexibility index (Phi) is 10.3. The molecule has 2 amide bonds. The Bertz CT molecular complexity index is 1130. The summed E-state index contributed by atoms with van der Waals surface area (Å²) in [6, 6.07) is 10.2. The second kappa shape index (κ2) is 13.2. The first kappa shape index (κ1) is 28.8. The van der Waals surface area contributed by atoms with Crippen molar-refractivity contribution in [3.05, 3.63) is 58.1 Å². The Hall–Kier alpha value is -2.75. The standard InChI is InChI=1S/C28H40N4O4S/c1-7-32(18-22-8-9-23-10-12-30(4)13-11-24(23)16-22)27(34)17-29-26(33)19-31(5)37(35)28-20(2)14-25(36-6)15-21(28)3/h8-9,14-16H,7,10-13,17-19H2,1-6H3,(H,29,33). The molecule has 1 aliphatic rings. The van der Waals surface area contributed by atoms with Crippen molar-refractivity contribution in [2.24, 2.45) is 0 Å². The minimum absolute atomic E-state index is 0.0871. The summed E-state index contributed by atoms with van der Waals surface area (Å²) in [7, 11) is 3.85. The molecule has 0 spiro atoms. The summed E-state index contributed by atoms with van der Waals surface area (Å²) in [4.78, 5) is 30.2. The van der Waals surface area contributed by atoms with Crippen LogP contribution in [0, 0.1) is 13.8 Å². The molecular weight excluding hydrogens is 488 g/mol. The Morgan fingerprint density at radius 1 is 1.08 bits per heavy atom. The van der Waals surface area contributed by atoms with Crippen molar-refractivity contribution < 1.29 is 18.5 Å². The third kappa shape index (κ3) is 7.63. The fourth-order valence-electron chi connectivity index (χ4n) is 4.65. The molecule has 0 aromatic heterocycles. The molecule has 2 aromatic carbocycles. The topological polar surface area (TPSA) is 82.2 Å². The van der Waals surface area contributed by atoms with Gasteiger partial charge in [0, 0.05) is 33.2 Å². The molecule has 3 rings (SSSR count). The highest BCUT2D eigenvalue weighted by Gasteiger charge is 2.21. The number of methoxy groups -OCH3 is 1. The number of nitrogens with zero attached hydrogens (tertiary/aromatic N) is 3. The molecular formula is C28H40N4O4S. The maximum absolute atomic E-state index is 13.1. The van der Waals surface area contributed by atoms with E-state index in [-0.39, 0.29) is 24.9 Å². The summed E-state index contributed by atoms with van der Waals surface area (Å²) >= 11 is 0. The van der Waals surface area contributed by atoms with Crippen LogP contribution >= 0.6 is 0 Å². The summed E-state index contributed by atoms with van der Waals surface area (Å²) in [6.45, 7) is 8.66. The molecule has 2 aromatic rings. The number of rotatable bonds is 10. The zero-order valence-electron chi connectivity index (χ0n) is 22.9. The van der Waals surface area contributed by atoms with E-state index in [0.717, 1.165) is 42.6 Å². The van der Waals surface area contributed by atoms with Crippen LogP contribution < -0.4 is 10.1 Å². The van der Waals surface area contributed by atoms with E-state index in [1.807, 2.05) is 32.9 Å². The van der Waals surface area contributed by atoms with Crippen molar-refractivity contribution in [3.8, 4) is 5.75 Å². The summed E-state index contributed by atoms with van der Waals surface area (Å²) in [5, 5.41) is 2.70. The fraction of sp³-hybridized carbons (Fsp3) is 0.500. The quantitative estimate of drug-likeness (QED) is 0.512. The minimum Gasteiger partial charge on any atom is -0.497 e. The maximum Gasteiger partial charge on any atom is 0.242 e. The van der Waals surface area contributed by atoms with Crippen LogP contribution in [0.1, 0.15) is 34.7 Å². The maximum atomic E-state index is 13.1. The predicted octanol–water partition coefficient (Wildman–Crippen LogP) is 2.46. The van der Waals surface area contributed by atoms with E-state index in [1.165, 1.54) is 15.4 Å². The lowest BCUT2D eigenvalue weighted by molar-refractivity contribution is -0.133. The lowest BCUT2D eigenvalue weighted by Crippen LogP contribution is -2.43. The van der Waals surface area contributed by atoms with Gasteiger partial charge in [0.15, 0.2) is 0 Å². The van der Waals surface area contributed by atoms with Gasteiger partial charge >= 0.3 is 0 Å². The van der Waals surface area contributed by atoms with E-state index in [1.54, 1.807) is 19.1 Å². The first-order valence-corrected chi connectivity index (χ1v) is 13.9. The van der Waals surface area contributed by atoms with Gasteiger partial charge in [-0.2, -0.15) is 0 Å². The van der Waals surface area contributed by atoms with Gasteiger partial charge in [0.1, 0.15) is 16.7 Å². The summed E-state index contributed by atoms with van der Waals surface area (Å²) in [5.41, 5.74) is 5.51. The number of aryl methyl sites for hydroxylation is 2. The molecule has 0 fully saturated rings. The number of carbonyl (C=O) groups is 2. The molecule has 0 saturated carbocycles. The van der Waals surface area contributed by atoms with E-state index in [4.69, 9.17) is 4.74 Å². The van der Waals surface area contributed by atoms with Crippen molar-refractivity contribution in [1.29, 1.82) is 0 Å². The summed E-state index contributed by atoms with van der Waals surface area (Å²) < 4.78 is 19.9. The molecule has 0 aliphatic carbocycles. The lowest BCUT2D eigenvalue weighted by atomic mass is 10.00. The molecule has 0 bridgehead atoms. The average molecular weight is 529 g/mol. The molecule has 0 saturated heterocycles. The van der Waals surface area contributed by atoms with Crippen molar-refractivity contribution >= 4 is 22.8 Å². The van der Waals surface area contributed by atoms with E-state index < -0.39 is 11.0 Å². The van der Waals surface area contributed by atoms with Crippen LogP contribution in [0.3, 0.4) is 0 Å². The third-order valence-corrected chi connectivity index (χ3v) is 8.52. The Balaban J connectivity index is 1.54. The van der Waals surface area contributed by atoms with E-state index in [0.29, 0.717) is 23.7 Å². The minimum atomic E-state index is -1.52. The molecule has 8 nitrogen and oxygen atoms in total. The highest BCUT2D eigenvalue weighted by atomic mass is 32.2. The smallest absolute Gasteiger partial charge is 0.242 e. The van der Waals surface area contributed by atoms with E-state index in [9.17, 15) is 13.8 Å². The first-order valence-electron chi connectivity index (χ1n) is 12.7. The van der Waals surface area contributed by atoms with Gasteiger partial charge in [0.05, 0.1) is 25.1 Å². The molecule has 1 heterocycles. The van der Waals surface area contributed by atoms with Crippen LogP contribution in [-0.2, 0) is 40.0 Å². The lowest BCUT2D eigenvalue weighted by Gasteiger charge is -2.23. The molecule has 0 radical (unpaired) electrons. The molecule has 9 heteroatoms. The zero-order valence-corrected chi connectivity index (χ0v) is 23.7. The second-order valence-electron chi connectivity index (χ2n) is 9.72. The number of fused-ring (bicyclic) bond motifs is 1. The number of benzene rings is 2. The molecule has 1 N–H and O–H groups in total. The SMILES string of the molecule is CCN(Cc1ccc2c(c1)CCN(C)CC2)C(=O)CNC(=O)CN(C)S(=O)c1c(C)cc(OC)cc1C. The summed E-state index contributed by atoms with van der Waals surface area (Å²) in [6.07, 6.45) is 2.06. The van der Waals surface area contributed by atoms with Gasteiger partial charge in [0.2, 0.25) is 11.8 Å².